The number of aromatic amines is 1. The van der Waals surface area contributed by atoms with E-state index < -0.39 is 0 Å². The molecule has 100 valence electrons. The van der Waals surface area contributed by atoms with Crippen LogP contribution in [-0.2, 0) is 6.42 Å². The number of aromatic nitrogens is 1. The average Bonchev–Trinajstić information content (AvgIpc) is 2.82. The summed E-state index contributed by atoms with van der Waals surface area (Å²) >= 11 is 0. The second-order valence-corrected chi connectivity index (χ2v) is 5.51. The molecule has 0 bridgehead atoms. The zero-order chi connectivity index (χ0) is 13.2. The molecule has 1 aliphatic rings. The van der Waals surface area contributed by atoms with Gasteiger partial charge in [-0.05, 0) is 24.0 Å². The molecule has 0 amide bonds. The Kier molecular flexibility index (Phi) is 3.23. The van der Waals surface area contributed by atoms with Gasteiger partial charge in [-0.1, -0.05) is 32.1 Å². The van der Waals surface area contributed by atoms with E-state index in [-0.39, 0.29) is 10.6 Å². The van der Waals surface area contributed by atoms with Gasteiger partial charge in [0.15, 0.2) is 0 Å². The average molecular weight is 258 g/mol. The lowest BCUT2D eigenvalue weighted by atomic mass is 9.85. The van der Waals surface area contributed by atoms with Crippen LogP contribution in [0.1, 0.15) is 37.7 Å². The number of nitrogens with zero attached hydrogens (tertiary/aromatic N) is 1. The van der Waals surface area contributed by atoms with E-state index in [0.717, 1.165) is 23.2 Å². The molecule has 19 heavy (non-hydrogen) atoms. The third-order valence-corrected chi connectivity index (χ3v) is 4.20. The van der Waals surface area contributed by atoms with E-state index in [1.54, 1.807) is 18.2 Å². The summed E-state index contributed by atoms with van der Waals surface area (Å²) in [6.45, 7) is 0. The number of nitro groups is 1. The SMILES string of the molecule is O=[N+]([O-])c1ccc2[nH]cc(CC3CCCCC3)c2c1. The lowest BCUT2D eigenvalue weighted by molar-refractivity contribution is -0.384. The van der Waals surface area contributed by atoms with Crippen molar-refractivity contribution in [3.63, 3.8) is 0 Å². The van der Waals surface area contributed by atoms with Crippen LogP contribution in [0.5, 0.6) is 0 Å². The molecule has 0 aliphatic heterocycles. The van der Waals surface area contributed by atoms with Crippen LogP contribution in [0.2, 0.25) is 0 Å². The van der Waals surface area contributed by atoms with Gasteiger partial charge in [-0.25, -0.2) is 0 Å². The second kappa shape index (κ2) is 5.03. The first kappa shape index (κ1) is 12.2. The fourth-order valence-corrected chi connectivity index (χ4v) is 3.15. The van der Waals surface area contributed by atoms with E-state index in [0.29, 0.717) is 0 Å². The Morgan fingerprint density at radius 2 is 2.05 bits per heavy atom. The van der Waals surface area contributed by atoms with E-state index >= 15 is 0 Å². The fraction of sp³-hybridized carbons (Fsp3) is 0.467. The van der Waals surface area contributed by atoms with Crippen molar-refractivity contribution in [2.24, 2.45) is 5.92 Å². The molecule has 1 aromatic carbocycles. The van der Waals surface area contributed by atoms with E-state index in [4.69, 9.17) is 0 Å². The van der Waals surface area contributed by atoms with Crippen LogP contribution >= 0.6 is 0 Å². The smallest absolute Gasteiger partial charge is 0.270 e. The summed E-state index contributed by atoms with van der Waals surface area (Å²) in [7, 11) is 0. The lowest BCUT2D eigenvalue weighted by Crippen LogP contribution is -2.08. The molecule has 0 radical (unpaired) electrons. The first-order valence-electron chi connectivity index (χ1n) is 6.98. The molecular weight excluding hydrogens is 240 g/mol. The Hall–Kier alpha value is -1.84. The van der Waals surface area contributed by atoms with E-state index in [1.165, 1.54) is 37.7 Å². The Balaban J connectivity index is 1.89. The fourth-order valence-electron chi connectivity index (χ4n) is 3.15. The first-order chi connectivity index (χ1) is 9.24. The molecule has 4 nitrogen and oxygen atoms in total. The first-order valence-corrected chi connectivity index (χ1v) is 6.98. The van der Waals surface area contributed by atoms with Crippen LogP contribution in [0.4, 0.5) is 5.69 Å². The van der Waals surface area contributed by atoms with Crippen molar-refractivity contribution in [1.82, 2.24) is 4.98 Å². The summed E-state index contributed by atoms with van der Waals surface area (Å²) in [4.78, 5) is 13.8. The quantitative estimate of drug-likeness (QED) is 0.662. The maximum Gasteiger partial charge on any atom is 0.270 e. The van der Waals surface area contributed by atoms with Crippen molar-refractivity contribution in [3.8, 4) is 0 Å². The van der Waals surface area contributed by atoms with E-state index in [2.05, 4.69) is 4.98 Å². The minimum atomic E-state index is -0.323. The van der Waals surface area contributed by atoms with Crippen LogP contribution in [0.3, 0.4) is 0 Å². The highest BCUT2D eigenvalue weighted by molar-refractivity contribution is 5.85. The van der Waals surface area contributed by atoms with Gasteiger partial charge in [0, 0.05) is 29.2 Å². The Bertz CT molecular complexity index is 597. The van der Waals surface area contributed by atoms with Crippen LogP contribution in [0, 0.1) is 16.0 Å². The van der Waals surface area contributed by atoms with Gasteiger partial charge in [-0.3, -0.25) is 10.1 Å². The highest BCUT2D eigenvalue weighted by Crippen LogP contribution is 2.30. The highest BCUT2D eigenvalue weighted by atomic mass is 16.6. The number of rotatable bonds is 3. The Morgan fingerprint density at radius 1 is 1.26 bits per heavy atom. The van der Waals surface area contributed by atoms with Crippen molar-refractivity contribution < 1.29 is 4.92 Å². The summed E-state index contributed by atoms with van der Waals surface area (Å²) in [6.07, 6.45) is 9.66. The molecule has 0 unspecified atom stereocenters. The van der Waals surface area contributed by atoms with Gasteiger partial charge in [0.2, 0.25) is 0 Å². The molecule has 3 rings (SSSR count). The molecule has 1 aromatic heterocycles. The van der Waals surface area contributed by atoms with Gasteiger partial charge >= 0.3 is 0 Å². The summed E-state index contributed by atoms with van der Waals surface area (Å²) in [6, 6.07) is 5.06. The molecule has 4 heteroatoms. The summed E-state index contributed by atoms with van der Waals surface area (Å²) in [5.74, 6) is 0.743. The molecule has 2 aromatic rings. The molecule has 0 saturated heterocycles. The second-order valence-electron chi connectivity index (χ2n) is 5.51. The van der Waals surface area contributed by atoms with Crippen LogP contribution in [-0.4, -0.2) is 9.91 Å². The molecule has 1 aliphatic carbocycles. The molecular formula is C15H18N2O2. The monoisotopic (exact) mass is 258 g/mol. The van der Waals surface area contributed by atoms with Crippen molar-refractivity contribution in [2.75, 3.05) is 0 Å². The number of fused-ring (bicyclic) bond motifs is 1. The minimum Gasteiger partial charge on any atom is -0.361 e. The Labute approximate surface area is 112 Å². The van der Waals surface area contributed by atoms with Crippen molar-refractivity contribution >= 4 is 16.6 Å². The maximum absolute atomic E-state index is 10.9. The summed E-state index contributed by atoms with van der Waals surface area (Å²) in [5.41, 5.74) is 2.40. The van der Waals surface area contributed by atoms with E-state index in [1.807, 2.05) is 6.20 Å². The van der Waals surface area contributed by atoms with Gasteiger partial charge in [0.25, 0.3) is 5.69 Å². The molecule has 1 N–H and O–H groups in total. The number of hydrogen-bond donors (Lipinski definition) is 1. The van der Waals surface area contributed by atoms with Crippen molar-refractivity contribution in [3.05, 3.63) is 40.1 Å². The number of hydrogen-bond acceptors (Lipinski definition) is 2. The zero-order valence-electron chi connectivity index (χ0n) is 10.9. The molecule has 1 saturated carbocycles. The zero-order valence-corrected chi connectivity index (χ0v) is 10.9. The molecule has 1 heterocycles. The minimum absolute atomic E-state index is 0.178. The standard InChI is InChI=1S/C15H18N2O2/c18-17(19)13-6-7-15-14(9-13)12(10-16-15)8-11-4-2-1-3-5-11/h6-7,9-11,16H,1-5,8H2. The van der Waals surface area contributed by atoms with E-state index in [9.17, 15) is 10.1 Å². The Morgan fingerprint density at radius 3 is 2.79 bits per heavy atom. The number of H-pyrrole nitrogens is 1. The highest BCUT2D eigenvalue weighted by Gasteiger charge is 2.17. The van der Waals surface area contributed by atoms with Gasteiger partial charge in [0.1, 0.15) is 0 Å². The number of non-ortho nitro benzene ring substituents is 1. The van der Waals surface area contributed by atoms with Gasteiger partial charge in [-0.2, -0.15) is 0 Å². The lowest BCUT2D eigenvalue weighted by Gasteiger charge is -2.21. The van der Waals surface area contributed by atoms with Crippen LogP contribution in [0.15, 0.2) is 24.4 Å². The predicted octanol–water partition coefficient (Wildman–Crippen LogP) is 4.20. The third-order valence-electron chi connectivity index (χ3n) is 4.20. The van der Waals surface area contributed by atoms with Gasteiger partial charge in [-0.15, -0.1) is 0 Å². The summed E-state index contributed by atoms with van der Waals surface area (Å²) in [5, 5.41) is 11.9. The van der Waals surface area contributed by atoms with Crippen LogP contribution in [0.25, 0.3) is 10.9 Å². The van der Waals surface area contributed by atoms with Crippen molar-refractivity contribution in [2.45, 2.75) is 38.5 Å². The number of nitrogens with one attached hydrogen (secondary N) is 1. The maximum atomic E-state index is 10.9. The van der Waals surface area contributed by atoms with Gasteiger partial charge < -0.3 is 4.98 Å². The third kappa shape index (κ3) is 2.48. The number of benzene rings is 1. The normalized spacial score (nSPS) is 16.8. The largest absolute Gasteiger partial charge is 0.361 e. The van der Waals surface area contributed by atoms with Gasteiger partial charge in [0.05, 0.1) is 4.92 Å². The molecule has 0 spiro atoms. The molecule has 0 atom stereocenters. The summed E-state index contributed by atoms with van der Waals surface area (Å²) < 4.78 is 0. The van der Waals surface area contributed by atoms with Crippen molar-refractivity contribution in [1.29, 1.82) is 0 Å². The molecule has 1 fully saturated rings. The van der Waals surface area contributed by atoms with Crippen LogP contribution < -0.4 is 0 Å². The number of nitro benzene ring substituents is 1. The topological polar surface area (TPSA) is 58.9 Å². The predicted molar refractivity (Wildman–Crippen MR) is 75.2 cm³/mol.